The lowest BCUT2D eigenvalue weighted by molar-refractivity contribution is -0.129. The second-order valence-corrected chi connectivity index (χ2v) is 5.92. The van der Waals surface area contributed by atoms with Crippen molar-refractivity contribution in [2.75, 3.05) is 14.1 Å². The van der Waals surface area contributed by atoms with Crippen molar-refractivity contribution in [3.63, 3.8) is 0 Å². The number of thiophene rings is 1. The van der Waals surface area contributed by atoms with E-state index in [1.807, 2.05) is 32.3 Å². The highest BCUT2D eigenvalue weighted by Gasteiger charge is 2.18. The normalized spacial score (nSPS) is 12.1. The van der Waals surface area contributed by atoms with Crippen molar-refractivity contribution in [3.05, 3.63) is 58.3 Å². The van der Waals surface area contributed by atoms with Crippen LogP contribution in [-0.4, -0.2) is 24.9 Å². The lowest BCUT2D eigenvalue weighted by Crippen LogP contribution is -2.24. The minimum atomic E-state index is 0.186. The number of benzene rings is 1. The van der Waals surface area contributed by atoms with Crippen molar-refractivity contribution in [1.29, 1.82) is 0 Å². The summed E-state index contributed by atoms with van der Waals surface area (Å²) >= 11 is 1.76. The van der Waals surface area contributed by atoms with E-state index in [1.165, 1.54) is 10.4 Å². The Morgan fingerprint density at radius 2 is 1.89 bits per heavy atom. The zero-order chi connectivity index (χ0) is 13.7. The second kappa shape index (κ2) is 6.53. The Labute approximate surface area is 118 Å². The van der Waals surface area contributed by atoms with Crippen LogP contribution in [0.4, 0.5) is 0 Å². The summed E-state index contributed by atoms with van der Waals surface area (Å²) in [6.45, 7) is 0. The molecule has 0 bridgehead atoms. The van der Waals surface area contributed by atoms with Crippen molar-refractivity contribution in [2.24, 2.45) is 0 Å². The van der Waals surface area contributed by atoms with Gasteiger partial charge in [-0.05, 0) is 29.3 Å². The van der Waals surface area contributed by atoms with E-state index in [9.17, 15) is 4.79 Å². The van der Waals surface area contributed by atoms with Crippen molar-refractivity contribution in [2.45, 2.75) is 18.8 Å². The third kappa shape index (κ3) is 3.93. The summed E-state index contributed by atoms with van der Waals surface area (Å²) in [5.74, 6) is 0.445. The molecule has 0 saturated carbocycles. The molecule has 19 heavy (non-hydrogen) atoms. The highest BCUT2D eigenvalue weighted by Crippen LogP contribution is 2.26. The maximum absolute atomic E-state index is 12.0. The molecule has 0 radical (unpaired) electrons. The van der Waals surface area contributed by atoms with Crippen molar-refractivity contribution < 1.29 is 4.79 Å². The van der Waals surface area contributed by atoms with Crippen LogP contribution in [0, 0.1) is 0 Å². The smallest absolute Gasteiger partial charge is 0.222 e. The number of amides is 1. The van der Waals surface area contributed by atoms with Gasteiger partial charge in [0.05, 0.1) is 0 Å². The lowest BCUT2D eigenvalue weighted by atomic mass is 9.91. The topological polar surface area (TPSA) is 20.3 Å². The summed E-state index contributed by atoms with van der Waals surface area (Å²) in [5.41, 5.74) is 1.24. The molecule has 0 saturated heterocycles. The van der Waals surface area contributed by atoms with Crippen molar-refractivity contribution in [1.82, 2.24) is 4.90 Å². The molecular weight excluding hydrogens is 254 g/mol. The summed E-state index contributed by atoms with van der Waals surface area (Å²) in [7, 11) is 3.63. The molecule has 0 aliphatic rings. The standard InChI is InChI=1S/C16H19NOS/c1-17(2)16(18)12-14(11-15-9-6-10-19-15)13-7-4-3-5-8-13/h3-10,14H,11-12H2,1-2H3. The lowest BCUT2D eigenvalue weighted by Gasteiger charge is -2.19. The molecule has 0 N–H and O–H groups in total. The third-order valence-corrected chi connectivity index (χ3v) is 4.12. The van der Waals surface area contributed by atoms with Gasteiger partial charge in [-0.3, -0.25) is 4.79 Å². The Bertz CT molecular complexity index is 505. The SMILES string of the molecule is CN(C)C(=O)CC(Cc1cccs1)c1ccccc1. The first-order valence-corrected chi connectivity index (χ1v) is 7.32. The molecule has 2 rings (SSSR count). The van der Waals surface area contributed by atoms with Gasteiger partial charge in [0.25, 0.3) is 0 Å². The molecule has 0 aliphatic heterocycles. The van der Waals surface area contributed by atoms with E-state index >= 15 is 0 Å². The molecule has 1 aromatic heterocycles. The summed E-state index contributed by atoms with van der Waals surface area (Å²) in [6.07, 6.45) is 1.50. The van der Waals surface area contributed by atoms with Gasteiger partial charge < -0.3 is 4.90 Å². The van der Waals surface area contributed by atoms with Crippen LogP contribution in [0.15, 0.2) is 47.8 Å². The van der Waals surface area contributed by atoms with E-state index in [-0.39, 0.29) is 11.8 Å². The summed E-state index contributed by atoms with van der Waals surface area (Å²) < 4.78 is 0. The second-order valence-electron chi connectivity index (χ2n) is 4.88. The summed E-state index contributed by atoms with van der Waals surface area (Å²) in [4.78, 5) is 15.0. The molecule has 2 nitrogen and oxygen atoms in total. The van der Waals surface area contributed by atoms with Crippen LogP contribution in [0.3, 0.4) is 0 Å². The Balaban J connectivity index is 2.16. The molecule has 0 fully saturated rings. The quantitative estimate of drug-likeness (QED) is 0.816. The van der Waals surface area contributed by atoms with Crippen LogP contribution in [0.1, 0.15) is 22.8 Å². The summed E-state index contributed by atoms with van der Waals surface area (Å²) in [6, 6.07) is 14.5. The largest absolute Gasteiger partial charge is 0.349 e. The van der Waals surface area contributed by atoms with Gasteiger partial charge >= 0.3 is 0 Å². The monoisotopic (exact) mass is 273 g/mol. The van der Waals surface area contributed by atoms with Gasteiger partial charge in [0.1, 0.15) is 0 Å². The minimum absolute atomic E-state index is 0.186. The maximum atomic E-state index is 12.0. The van der Waals surface area contributed by atoms with Crippen molar-refractivity contribution >= 4 is 17.2 Å². The third-order valence-electron chi connectivity index (χ3n) is 3.22. The van der Waals surface area contributed by atoms with Gasteiger partial charge in [-0.2, -0.15) is 0 Å². The highest BCUT2D eigenvalue weighted by atomic mass is 32.1. The average molecular weight is 273 g/mol. The van der Waals surface area contributed by atoms with Gasteiger partial charge in [-0.15, -0.1) is 11.3 Å². The number of rotatable bonds is 5. The zero-order valence-corrected chi connectivity index (χ0v) is 12.2. The minimum Gasteiger partial charge on any atom is -0.349 e. The van der Waals surface area contributed by atoms with Gasteiger partial charge in [0, 0.05) is 25.4 Å². The first-order valence-electron chi connectivity index (χ1n) is 6.44. The van der Waals surface area contributed by atoms with Crippen LogP contribution >= 0.6 is 11.3 Å². The molecule has 100 valence electrons. The molecule has 1 unspecified atom stereocenters. The fraction of sp³-hybridized carbons (Fsp3) is 0.312. The zero-order valence-electron chi connectivity index (χ0n) is 11.4. The van der Waals surface area contributed by atoms with Crippen LogP contribution in [0.25, 0.3) is 0 Å². The van der Waals surface area contributed by atoms with E-state index in [0.29, 0.717) is 6.42 Å². The highest BCUT2D eigenvalue weighted by molar-refractivity contribution is 7.09. The van der Waals surface area contributed by atoms with Crippen LogP contribution in [0.2, 0.25) is 0 Å². The predicted octanol–water partition coefficient (Wildman–Crippen LogP) is 3.55. The van der Waals surface area contributed by atoms with E-state index in [4.69, 9.17) is 0 Å². The predicted molar refractivity (Wildman–Crippen MR) is 80.5 cm³/mol. The molecule has 1 atom stereocenters. The van der Waals surface area contributed by atoms with Crippen LogP contribution in [-0.2, 0) is 11.2 Å². The van der Waals surface area contributed by atoms with E-state index < -0.39 is 0 Å². The molecule has 2 aromatic rings. The van der Waals surface area contributed by atoms with E-state index in [1.54, 1.807) is 16.2 Å². The van der Waals surface area contributed by atoms with Crippen LogP contribution in [0.5, 0.6) is 0 Å². The summed E-state index contributed by atoms with van der Waals surface area (Å²) in [5, 5.41) is 2.09. The number of hydrogen-bond acceptors (Lipinski definition) is 2. The number of carbonyl (C=O) groups excluding carboxylic acids is 1. The van der Waals surface area contributed by atoms with Gasteiger partial charge in [0.15, 0.2) is 0 Å². The fourth-order valence-corrected chi connectivity index (χ4v) is 2.88. The Kier molecular flexibility index (Phi) is 4.74. The van der Waals surface area contributed by atoms with Crippen LogP contribution < -0.4 is 0 Å². The van der Waals surface area contributed by atoms with Gasteiger partial charge in [0.2, 0.25) is 5.91 Å². The molecule has 0 spiro atoms. The molecule has 0 aliphatic carbocycles. The first kappa shape index (κ1) is 13.8. The maximum Gasteiger partial charge on any atom is 0.222 e. The molecule has 1 amide bonds. The number of nitrogens with zero attached hydrogens (tertiary/aromatic N) is 1. The fourth-order valence-electron chi connectivity index (χ4n) is 2.10. The number of hydrogen-bond donors (Lipinski definition) is 0. The average Bonchev–Trinajstić information content (AvgIpc) is 2.91. The van der Waals surface area contributed by atoms with E-state index in [2.05, 4.69) is 29.6 Å². The van der Waals surface area contributed by atoms with Gasteiger partial charge in [-0.25, -0.2) is 0 Å². The molecule has 1 aromatic carbocycles. The van der Waals surface area contributed by atoms with Gasteiger partial charge in [-0.1, -0.05) is 36.4 Å². The first-order chi connectivity index (χ1) is 9.16. The molecule has 1 heterocycles. The number of carbonyl (C=O) groups is 1. The Morgan fingerprint density at radius 3 is 2.47 bits per heavy atom. The van der Waals surface area contributed by atoms with Crippen molar-refractivity contribution in [3.8, 4) is 0 Å². The van der Waals surface area contributed by atoms with E-state index in [0.717, 1.165) is 6.42 Å². The molecular formula is C16H19NOS. The molecule has 3 heteroatoms. The Hall–Kier alpha value is -1.61. The Morgan fingerprint density at radius 1 is 1.16 bits per heavy atom.